The molecule has 1 aromatic carbocycles. The van der Waals surface area contributed by atoms with Gasteiger partial charge in [-0.1, -0.05) is 0 Å². The summed E-state index contributed by atoms with van der Waals surface area (Å²) in [4.78, 5) is 14.6. The van der Waals surface area contributed by atoms with E-state index in [2.05, 4.69) is 4.98 Å². The molecule has 3 rings (SSSR count). The van der Waals surface area contributed by atoms with Gasteiger partial charge in [-0.3, -0.25) is 4.79 Å². The molecule has 16 heavy (non-hydrogen) atoms. The Hall–Kier alpha value is -1.81. The van der Waals surface area contributed by atoms with Crippen molar-refractivity contribution in [2.24, 2.45) is 0 Å². The average Bonchev–Trinajstić information content (AvgIpc) is 2.63. The lowest BCUT2D eigenvalue weighted by atomic mass is 10.1. The highest BCUT2D eigenvalue weighted by atomic mass is 32.1. The average molecular weight is 231 g/mol. The maximum absolute atomic E-state index is 11.8. The van der Waals surface area contributed by atoms with Gasteiger partial charge in [-0.05, 0) is 36.1 Å². The summed E-state index contributed by atoms with van der Waals surface area (Å²) in [5, 5.41) is 13.3. The molecule has 0 bridgehead atoms. The zero-order valence-electron chi connectivity index (χ0n) is 8.57. The molecule has 0 aliphatic rings. The Bertz CT molecular complexity index is 755. The van der Waals surface area contributed by atoms with Gasteiger partial charge in [0.2, 0.25) is 0 Å². The van der Waals surface area contributed by atoms with E-state index in [-0.39, 0.29) is 11.3 Å². The van der Waals surface area contributed by atoms with E-state index in [1.165, 1.54) is 11.3 Å². The Morgan fingerprint density at radius 1 is 1.38 bits per heavy atom. The molecule has 2 heterocycles. The van der Waals surface area contributed by atoms with E-state index in [4.69, 9.17) is 0 Å². The van der Waals surface area contributed by atoms with Crippen LogP contribution in [0.15, 0.2) is 28.4 Å². The summed E-state index contributed by atoms with van der Waals surface area (Å²) in [7, 11) is 0. The lowest BCUT2D eigenvalue weighted by molar-refractivity contribution is 0.476. The van der Waals surface area contributed by atoms with Crippen molar-refractivity contribution in [3.8, 4) is 5.75 Å². The van der Waals surface area contributed by atoms with E-state index in [1.807, 2.05) is 12.3 Å². The van der Waals surface area contributed by atoms with Gasteiger partial charge in [-0.25, -0.2) is 0 Å². The predicted molar refractivity (Wildman–Crippen MR) is 66.4 cm³/mol. The summed E-state index contributed by atoms with van der Waals surface area (Å²) in [6.07, 6.45) is 0. The van der Waals surface area contributed by atoms with Gasteiger partial charge < -0.3 is 10.1 Å². The second kappa shape index (κ2) is 3.09. The third kappa shape index (κ3) is 1.17. The van der Waals surface area contributed by atoms with Crippen molar-refractivity contribution < 1.29 is 5.11 Å². The van der Waals surface area contributed by atoms with E-state index in [9.17, 15) is 9.90 Å². The molecule has 2 aromatic heterocycles. The van der Waals surface area contributed by atoms with Crippen LogP contribution < -0.4 is 5.56 Å². The molecule has 80 valence electrons. The van der Waals surface area contributed by atoms with E-state index >= 15 is 0 Å². The van der Waals surface area contributed by atoms with E-state index < -0.39 is 0 Å². The SMILES string of the molecule is Cc1csc2c(=O)[nH]c3ccc(O)cc3c12. The van der Waals surface area contributed by atoms with E-state index in [1.54, 1.807) is 18.2 Å². The number of pyridine rings is 1. The van der Waals surface area contributed by atoms with Crippen molar-refractivity contribution in [2.45, 2.75) is 6.92 Å². The Morgan fingerprint density at radius 3 is 3.00 bits per heavy atom. The number of aromatic hydroxyl groups is 1. The zero-order chi connectivity index (χ0) is 11.3. The number of hydrogen-bond acceptors (Lipinski definition) is 3. The van der Waals surface area contributed by atoms with Crippen LogP contribution >= 0.6 is 11.3 Å². The number of nitrogens with one attached hydrogen (secondary N) is 1. The number of rotatable bonds is 0. The first-order chi connectivity index (χ1) is 7.66. The standard InChI is InChI=1S/C12H9NO2S/c1-6-5-16-11-10(6)8-4-7(14)2-3-9(8)13-12(11)15/h2-5,14H,1H3,(H,13,15). The van der Waals surface area contributed by atoms with E-state index in [0.717, 1.165) is 26.6 Å². The summed E-state index contributed by atoms with van der Waals surface area (Å²) in [6.45, 7) is 1.97. The summed E-state index contributed by atoms with van der Waals surface area (Å²) in [5.74, 6) is 0.214. The molecule has 0 amide bonds. The highest BCUT2D eigenvalue weighted by molar-refractivity contribution is 7.17. The summed E-state index contributed by atoms with van der Waals surface area (Å²) in [5.41, 5.74) is 1.77. The van der Waals surface area contributed by atoms with Gasteiger partial charge in [0.05, 0.1) is 0 Å². The van der Waals surface area contributed by atoms with Gasteiger partial charge in [0, 0.05) is 16.3 Å². The van der Waals surface area contributed by atoms with Crippen molar-refractivity contribution >= 4 is 32.3 Å². The third-order valence-electron chi connectivity index (χ3n) is 2.70. The van der Waals surface area contributed by atoms with Crippen LogP contribution in [0.3, 0.4) is 0 Å². The summed E-state index contributed by atoms with van der Waals surface area (Å²) in [6, 6.07) is 4.99. The minimum absolute atomic E-state index is 0.0636. The fraction of sp³-hybridized carbons (Fsp3) is 0.0833. The second-order valence-electron chi connectivity index (χ2n) is 3.81. The number of H-pyrrole nitrogens is 1. The van der Waals surface area contributed by atoms with Gasteiger partial charge in [-0.2, -0.15) is 0 Å². The fourth-order valence-corrected chi connectivity index (χ4v) is 2.93. The quantitative estimate of drug-likeness (QED) is 0.625. The van der Waals surface area contributed by atoms with Crippen LogP contribution in [-0.2, 0) is 0 Å². The largest absolute Gasteiger partial charge is 0.508 e. The summed E-state index contributed by atoms with van der Waals surface area (Å²) >= 11 is 1.44. The molecule has 0 unspecified atom stereocenters. The number of fused-ring (bicyclic) bond motifs is 3. The molecule has 0 fully saturated rings. The molecule has 4 heteroatoms. The van der Waals surface area contributed by atoms with Gasteiger partial charge in [-0.15, -0.1) is 11.3 Å². The first-order valence-electron chi connectivity index (χ1n) is 4.89. The van der Waals surface area contributed by atoms with Crippen LogP contribution in [0.25, 0.3) is 21.0 Å². The Kier molecular flexibility index (Phi) is 1.82. The lowest BCUT2D eigenvalue weighted by Crippen LogP contribution is -2.04. The first kappa shape index (κ1) is 9.42. The molecule has 0 aliphatic heterocycles. The minimum atomic E-state index is -0.0636. The lowest BCUT2D eigenvalue weighted by Gasteiger charge is -2.01. The molecule has 3 aromatic rings. The second-order valence-corrected chi connectivity index (χ2v) is 4.69. The van der Waals surface area contributed by atoms with Crippen molar-refractivity contribution in [3.63, 3.8) is 0 Å². The summed E-state index contributed by atoms with van der Waals surface area (Å²) < 4.78 is 0.718. The Labute approximate surface area is 95.0 Å². The van der Waals surface area contributed by atoms with Gasteiger partial charge >= 0.3 is 0 Å². The van der Waals surface area contributed by atoms with Gasteiger partial charge in [0.15, 0.2) is 0 Å². The van der Waals surface area contributed by atoms with Gasteiger partial charge in [0.25, 0.3) is 5.56 Å². The molecule has 0 atom stereocenters. The van der Waals surface area contributed by atoms with Crippen molar-refractivity contribution in [3.05, 3.63) is 39.5 Å². The Morgan fingerprint density at radius 2 is 2.19 bits per heavy atom. The number of aromatic nitrogens is 1. The third-order valence-corrected chi connectivity index (χ3v) is 3.80. The molecule has 0 spiro atoms. The number of aromatic amines is 1. The van der Waals surface area contributed by atoms with Gasteiger partial charge in [0.1, 0.15) is 10.4 Å². The van der Waals surface area contributed by atoms with Crippen LogP contribution in [0.5, 0.6) is 5.75 Å². The van der Waals surface area contributed by atoms with E-state index in [0.29, 0.717) is 0 Å². The number of phenolic OH excluding ortho intramolecular Hbond substituents is 1. The van der Waals surface area contributed by atoms with Crippen molar-refractivity contribution in [2.75, 3.05) is 0 Å². The maximum atomic E-state index is 11.8. The first-order valence-corrected chi connectivity index (χ1v) is 5.77. The van der Waals surface area contributed by atoms with Crippen LogP contribution in [0, 0.1) is 6.92 Å². The van der Waals surface area contributed by atoms with Crippen LogP contribution in [0.4, 0.5) is 0 Å². The normalized spacial score (nSPS) is 11.3. The number of benzene rings is 1. The predicted octanol–water partition coefficient (Wildman–Crippen LogP) is 2.76. The molecular weight excluding hydrogens is 222 g/mol. The number of phenols is 1. The molecule has 3 nitrogen and oxygen atoms in total. The smallest absolute Gasteiger partial charge is 0.266 e. The molecule has 0 aliphatic carbocycles. The maximum Gasteiger partial charge on any atom is 0.266 e. The Balaban J connectivity index is 2.69. The zero-order valence-corrected chi connectivity index (χ0v) is 9.39. The van der Waals surface area contributed by atoms with Crippen LogP contribution in [-0.4, -0.2) is 10.1 Å². The fourth-order valence-electron chi connectivity index (χ4n) is 1.97. The van der Waals surface area contributed by atoms with Crippen LogP contribution in [0.2, 0.25) is 0 Å². The molecule has 0 saturated carbocycles. The monoisotopic (exact) mass is 231 g/mol. The number of thiophene rings is 1. The molecule has 0 radical (unpaired) electrons. The molecule has 0 saturated heterocycles. The molecular formula is C12H9NO2S. The number of aryl methyl sites for hydroxylation is 1. The van der Waals surface area contributed by atoms with Crippen LogP contribution in [0.1, 0.15) is 5.56 Å². The minimum Gasteiger partial charge on any atom is -0.508 e. The molecule has 2 N–H and O–H groups in total. The van der Waals surface area contributed by atoms with Crippen molar-refractivity contribution in [1.82, 2.24) is 4.98 Å². The highest BCUT2D eigenvalue weighted by Gasteiger charge is 2.09. The topological polar surface area (TPSA) is 53.1 Å². The van der Waals surface area contributed by atoms with Crippen molar-refractivity contribution in [1.29, 1.82) is 0 Å². The number of hydrogen-bond donors (Lipinski definition) is 2. The highest BCUT2D eigenvalue weighted by Crippen LogP contribution is 2.30.